The van der Waals surface area contributed by atoms with Crippen LogP contribution in [0.15, 0.2) is 60.2 Å². The molecule has 0 aliphatic heterocycles. The number of carbonyl (C=O) groups is 1. The number of nitro benzene ring substituents is 1. The van der Waals surface area contributed by atoms with Gasteiger partial charge in [-0.15, -0.1) is 0 Å². The van der Waals surface area contributed by atoms with Crippen molar-refractivity contribution in [3.8, 4) is 11.8 Å². The van der Waals surface area contributed by atoms with Gasteiger partial charge in [0.15, 0.2) is 5.75 Å². The van der Waals surface area contributed by atoms with Gasteiger partial charge < -0.3 is 10.1 Å². The summed E-state index contributed by atoms with van der Waals surface area (Å²) in [7, 11) is 0. The van der Waals surface area contributed by atoms with Crippen LogP contribution in [0.5, 0.6) is 5.75 Å². The Labute approximate surface area is 210 Å². The van der Waals surface area contributed by atoms with Crippen LogP contribution in [0.1, 0.15) is 16.7 Å². The molecule has 0 spiro atoms. The zero-order valence-electron chi connectivity index (χ0n) is 17.6. The number of amides is 1. The van der Waals surface area contributed by atoms with Gasteiger partial charge in [0, 0.05) is 11.1 Å². The third-order valence-corrected chi connectivity index (χ3v) is 5.40. The highest BCUT2D eigenvalue weighted by Crippen LogP contribution is 2.35. The van der Waals surface area contributed by atoms with E-state index in [0.717, 1.165) is 5.56 Å². The molecule has 7 nitrogen and oxygen atoms in total. The maximum atomic E-state index is 12.6. The molecule has 0 saturated heterocycles. The van der Waals surface area contributed by atoms with Crippen LogP contribution >= 0.6 is 34.8 Å². The molecule has 0 heterocycles. The number of anilines is 1. The molecule has 0 saturated carbocycles. The van der Waals surface area contributed by atoms with Gasteiger partial charge in [-0.2, -0.15) is 5.26 Å². The molecule has 0 aliphatic carbocycles. The zero-order chi connectivity index (χ0) is 24.8. The number of rotatable bonds is 7. The zero-order valence-corrected chi connectivity index (χ0v) is 19.9. The van der Waals surface area contributed by atoms with Crippen molar-refractivity contribution in [1.29, 1.82) is 5.26 Å². The smallest absolute Gasteiger partial charge is 0.293 e. The lowest BCUT2D eigenvalue weighted by Crippen LogP contribution is -2.14. The van der Waals surface area contributed by atoms with E-state index in [1.807, 2.05) is 0 Å². The highest BCUT2D eigenvalue weighted by molar-refractivity contribution is 6.37. The van der Waals surface area contributed by atoms with Gasteiger partial charge in [-0.05, 0) is 60.0 Å². The fourth-order valence-electron chi connectivity index (χ4n) is 2.94. The van der Waals surface area contributed by atoms with E-state index >= 15 is 0 Å². The maximum absolute atomic E-state index is 12.6. The molecule has 3 aromatic carbocycles. The number of nitrogens with one attached hydrogen (secondary N) is 1. The van der Waals surface area contributed by atoms with Gasteiger partial charge >= 0.3 is 0 Å². The number of nitriles is 1. The molecule has 0 radical (unpaired) electrons. The molecule has 3 rings (SSSR count). The molecule has 0 aliphatic rings. The predicted octanol–water partition coefficient (Wildman–Crippen LogP) is 6.99. The lowest BCUT2D eigenvalue weighted by molar-refractivity contribution is -0.384. The number of benzene rings is 3. The fraction of sp³-hybridized carbons (Fsp3) is 0.0833. The largest absolute Gasteiger partial charge is 0.486 e. The summed E-state index contributed by atoms with van der Waals surface area (Å²) in [6, 6.07) is 16.2. The van der Waals surface area contributed by atoms with Crippen LogP contribution in [0.25, 0.3) is 6.08 Å². The van der Waals surface area contributed by atoms with E-state index in [4.69, 9.17) is 39.5 Å². The highest BCUT2D eigenvalue weighted by atomic mass is 35.5. The monoisotopic (exact) mass is 515 g/mol. The third-order valence-electron chi connectivity index (χ3n) is 4.59. The lowest BCUT2D eigenvalue weighted by atomic mass is 10.1. The Morgan fingerprint density at radius 2 is 1.76 bits per heavy atom. The Morgan fingerprint density at radius 1 is 1.12 bits per heavy atom. The summed E-state index contributed by atoms with van der Waals surface area (Å²) in [5, 5.41) is 24.1. The molecule has 0 aromatic heterocycles. The minimum Gasteiger partial charge on any atom is -0.486 e. The van der Waals surface area contributed by atoms with E-state index in [9.17, 15) is 20.2 Å². The second-order valence-electron chi connectivity index (χ2n) is 7.13. The van der Waals surface area contributed by atoms with Crippen LogP contribution in [0.3, 0.4) is 0 Å². The van der Waals surface area contributed by atoms with E-state index in [0.29, 0.717) is 16.1 Å². The quantitative estimate of drug-likeness (QED) is 0.158. The van der Waals surface area contributed by atoms with Gasteiger partial charge in [-0.3, -0.25) is 14.9 Å². The number of halogens is 3. The van der Waals surface area contributed by atoms with E-state index < -0.39 is 10.8 Å². The summed E-state index contributed by atoms with van der Waals surface area (Å²) >= 11 is 18.5. The molecular weight excluding hydrogens is 501 g/mol. The first-order valence-corrected chi connectivity index (χ1v) is 10.9. The SMILES string of the molecule is Cc1ccc(NC(=O)/C(C#N)=C/c2cc(Cl)c(OCc3ccc(Cl)cc3)c(Cl)c2)c([N+](=O)[O-])c1. The average Bonchev–Trinajstić information content (AvgIpc) is 2.79. The van der Waals surface area contributed by atoms with Crippen LogP contribution in [-0.4, -0.2) is 10.8 Å². The molecule has 1 amide bonds. The second-order valence-corrected chi connectivity index (χ2v) is 8.38. The molecule has 34 heavy (non-hydrogen) atoms. The first-order valence-electron chi connectivity index (χ1n) is 9.72. The van der Waals surface area contributed by atoms with E-state index in [-0.39, 0.29) is 39.3 Å². The standard InChI is InChI=1S/C24H16Cl3N3O4/c1-14-2-7-21(22(8-14)30(32)33)29-24(31)17(12-28)9-16-10-19(26)23(20(27)11-16)34-13-15-3-5-18(25)6-4-15/h2-11H,13H2,1H3,(H,29,31)/b17-9+. The molecule has 1 N–H and O–H groups in total. The fourth-order valence-corrected chi connectivity index (χ4v) is 3.68. The van der Waals surface area contributed by atoms with Gasteiger partial charge in [0.2, 0.25) is 0 Å². The van der Waals surface area contributed by atoms with E-state index in [2.05, 4.69) is 5.32 Å². The summed E-state index contributed by atoms with van der Waals surface area (Å²) in [6.07, 6.45) is 1.27. The molecule has 0 bridgehead atoms. The Bertz CT molecular complexity index is 1310. The Kier molecular flexibility index (Phi) is 8.13. The van der Waals surface area contributed by atoms with Crippen LogP contribution in [0, 0.1) is 28.4 Å². The lowest BCUT2D eigenvalue weighted by Gasteiger charge is -2.11. The molecule has 10 heteroatoms. The third kappa shape index (κ3) is 6.27. The summed E-state index contributed by atoms with van der Waals surface area (Å²) in [5.41, 5.74) is 1.29. The minimum absolute atomic E-state index is 0.0243. The molecule has 0 unspecified atom stereocenters. The summed E-state index contributed by atoms with van der Waals surface area (Å²) < 4.78 is 5.72. The molecular formula is C24H16Cl3N3O4. The maximum Gasteiger partial charge on any atom is 0.293 e. The number of hydrogen-bond acceptors (Lipinski definition) is 5. The van der Waals surface area contributed by atoms with E-state index in [1.54, 1.807) is 43.3 Å². The number of aryl methyl sites for hydroxylation is 1. The van der Waals surface area contributed by atoms with Crippen LogP contribution in [0.2, 0.25) is 15.1 Å². The first kappa shape index (κ1) is 25.1. The molecule has 3 aromatic rings. The summed E-state index contributed by atoms with van der Waals surface area (Å²) in [6.45, 7) is 1.89. The van der Waals surface area contributed by atoms with Crippen molar-refractivity contribution in [2.75, 3.05) is 5.32 Å². The molecule has 0 atom stereocenters. The van der Waals surface area contributed by atoms with Crippen LogP contribution in [-0.2, 0) is 11.4 Å². The normalized spacial score (nSPS) is 11.0. The van der Waals surface area contributed by atoms with Gasteiger partial charge in [-0.25, -0.2) is 0 Å². The van der Waals surface area contributed by atoms with Gasteiger partial charge in [-0.1, -0.05) is 53.0 Å². The Hall–Kier alpha value is -3.57. The van der Waals surface area contributed by atoms with Gasteiger partial charge in [0.05, 0.1) is 15.0 Å². The number of nitrogens with zero attached hydrogens (tertiary/aromatic N) is 2. The van der Waals surface area contributed by atoms with Crippen molar-refractivity contribution in [2.45, 2.75) is 13.5 Å². The summed E-state index contributed by atoms with van der Waals surface area (Å²) in [5.74, 6) is -0.571. The number of nitro groups is 1. The van der Waals surface area contributed by atoms with Crippen molar-refractivity contribution in [2.24, 2.45) is 0 Å². The van der Waals surface area contributed by atoms with Gasteiger partial charge in [0.1, 0.15) is 23.9 Å². The second kappa shape index (κ2) is 11.0. The topological polar surface area (TPSA) is 105 Å². The van der Waals surface area contributed by atoms with Crippen LogP contribution in [0.4, 0.5) is 11.4 Å². The molecule has 0 fully saturated rings. The van der Waals surface area contributed by atoms with Gasteiger partial charge in [0.25, 0.3) is 11.6 Å². The first-order chi connectivity index (χ1) is 16.2. The molecule has 172 valence electrons. The summed E-state index contributed by atoms with van der Waals surface area (Å²) in [4.78, 5) is 23.3. The van der Waals surface area contributed by atoms with Crippen molar-refractivity contribution in [3.05, 3.63) is 102 Å². The van der Waals surface area contributed by atoms with Crippen molar-refractivity contribution >= 4 is 58.2 Å². The van der Waals surface area contributed by atoms with Crippen LogP contribution < -0.4 is 10.1 Å². The van der Waals surface area contributed by atoms with E-state index in [1.165, 1.54) is 30.3 Å². The average molecular weight is 517 g/mol. The number of ether oxygens (including phenoxy) is 1. The van der Waals surface area contributed by atoms with Crippen molar-refractivity contribution in [3.63, 3.8) is 0 Å². The Morgan fingerprint density at radius 3 is 2.35 bits per heavy atom. The minimum atomic E-state index is -0.815. The number of carbonyl (C=O) groups excluding carboxylic acids is 1. The number of hydrogen-bond donors (Lipinski definition) is 1. The predicted molar refractivity (Wildman–Crippen MR) is 132 cm³/mol. The highest BCUT2D eigenvalue weighted by Gasteiger charge is 2.19. The van der Waals surface area contributed by atoms with Crippen molar-refractivity contribution < 1.29 is 14.5 Å². The van der Waals surface area contributed by atoms with Crippen molar-refractivity contribution in [1.82, 2.24) is 0 Å². The Balaban J connectivity index is 1.80.